The summed E-state index contributed by atoms with van der Waals surface area (Å²) in [6.45, 7) is 1.30. The molecule has 2 saturated carbocycles. The Labute approximate surface area is 101 Å². The molecule has 96 valence electrons. The minimum Gasteiger partial charge on any atom is -0.379 e. The Morgan fingerprint density at radius 1 is 1.29 bits per heavy atom. The van der Waals surface area contributed by atoms with Gasteiger partial charge in [0.2, 0.25) is 0 Å². The third kappa shape index (κ3) is 2.40. The van der Waals surface area contributed by atoms with Gasteiger partial charge in [-0.2, -0.15) is 0 Å². The summed E-state index contributed by atoms with van der Waals surface area (Å²) in [4.78, 5) is 17.0. The number of ether oxygens (including phenoxy) is 1. The van der Waals surface area contributed by atoms with Crippen molar-refractivity contribution in [3.05, 3.63) is 0 Å². The number of nitrogens with one attached hydrogen (secondary N) is 2. The molecule has 0 radical (unpaired) electrons. The zero-order chi connectivity index (χ0) is 11.7. The van der Waals surface area contributed by atoms with Crippen molar-refractivity contribution in [1.29, 1.82) is 0 Å². The normalized spacial score (nSPS) is 39.5. The molecule has 2 aliphatic carbocycles. The van der Waals surface area contributed by atoms with E-state index in [1.165, 1.54) is 12.8 Å². The largest absolute Gasteiger partial charge is 0.379 e. The minimum absolute atomic E-state index is 0.0122. The van der Waals surface area contributed by atoms with Gasteiger partial charge in [0.1, 0.15) is 6.10 Å². The number of amides is 2. The van der Waals surface area contributed by atoms with Gasteiger partial charge >= 0.3 is 6.03 Å². The molecule has 2 bridgehead atoms. The Balaban J connectivity index is 1.43. The summed E-state index contributed by atoms with van der Waals surface area (Å²) in [7, 11) is 0. The molecule has 1 heterocycles. The van der Waals surface area contributed by atoms with Crippen molar-refractivity contribution in [2.24, 2.45) is 5.92 Å². The lowest BCUT2D eigenvalue weighted by atomic mass is 9.94. The Bertz CT molecular complexity index is 294. The van der Waals surface area contributed by atoms with Crippen LogP contribution in [0.3, 0.4) is 0 Å². The Morgan fingerprint density at radius 2 is 2.12 bits per heavy atom. The summed E-state index contributed by atoms with van der Waals surface area (Å²) in [6, 6.07) is -0.195. The highest BCUT2D eigenvalue weighted by atomic mass is 16.7. The van der Waals surface area contributed by atoms with Gasteiger partial charge in [-0.3, -0.25) is 4.84 Å². The fraction of sp³-hybridized carbons (Fsp3) is 0.917. The number of hydrogen-bond donors (Lipinski definition) is 2. The molecule has 3 aliphatic rings. The molecule has 1 saturated heterocycles. The van der Waals surface area contributed by atoms with Crippen molar-refractivity contribution >= 4 is 6.03 Å². The summed E-state index contributed by atoms with van der Waals surface area (Å²) < 4.78 is 5.17. The van der Waals surface area contributed by atoms with E-state index >= 15 is 0 Å². The quantitative estimate of drug-likeness (QED) is 0.732. The monoisotopic (exact) mass is 240 g/mol. The van der Waals surface area contributed by atoms with Crippen LogP contribution >= 0.6 is 0 Å². The molecule has 5 heteroatoms. The van der Waals surface area contributed by atoms with Gasteiger partial charge in [0, 0.05) is 18.6 Å². The first kappa shape index (κ1) is 11.3. The van der Waals surface area contributed by atoms with Crippen LogP contribution < -0.4 is 10.8 Å². The van der Waals surface area contributed by atoms with Gasteiger partial charge in [-0.1, -0.05) is 0 Å². The highest BCUT2D eigenvalue weighted by Crippen LogP contribution is 2.47. The van der Waals surface area contributed by atoms with E-state index in [4.69, 9.17) is 9.57 Å². The predicted molar refractivity (Wildman–Crippen MR) is 61.3 cm³/mol. The number of urea groups is 1. The third-order valence-corrected chi connectivity index (χ3v) is 4.33. The van der Waals surface area contributed by atoms with Crippen LogP contribution in [-0.4, -0.2) is 30.9 Å². The van der Waals surface area contributed by atoms with Crippen molar-refractivity contribution in [3.8, 4) is 0 Å². The van der Waals surface area contributed by atoms with E-state index in [1.54, 1.807) is 0 Å². The molecule has 0 aromatic carbocycles. The molecule has 0 aromatic heterocycles. The fourth-order valence-corrected chi connectivity index (χ4v) is 3.38. The van der Waals surface area contributed by atoms with Crippen LogP contribution in [0, 0.1) is 5.92 Å². The van der Waals surface area contributed by atoms with Crippen LogP contribution in [0.2, 0.25) is 0 Å². The van der Waals surface area contributed by atoms with Gasteiger partial charge in [0.15, 0.2) is 0 Å². The van der Waals surface area contributed by atoms with Crippen molar-refractivity contribution < 1.29 is 14.4 Å². The number of fused-ring (bicyclic) bond motifs is 2. The fourth-order valence-electron chi connectivity index (χ4n) is 3.38. The molecule has 2 amide bonds. The minimum atomic E-state index is -0.195. The summed E-state index contributed by atoms with van der Waals surface area (Å²) >= 11 is 0. The molecule has 0 aromatic rings. The molecule has 17 heavy (non-hydrogen) atoms. The van der Waals surface area contributed by atoms with Gasteiger partial charge in [-0.05, 0) is 38.0 Å². The van der Waals surface area contributed by atoms with Crippen molar-refractivity contribution in [2.75, 3.05) is 13.2 Å². The van der Waals surface area contributed by atoms with E-state index in [0.29, 0.717) is 6.61 Å². The molecular formula is C12H20N2O3. The molecule has 1 unspecified atom stereocenters. The molecule has 1 atom stereocenters. The van der Waals surface area contributed by atoms with Gasteiger partial charge < -0.3 is 10.1 Å². The Kier molecular flexibility index (Phi) is 2.96. The average molecular weight is 240 g/mol. The first-order chi connectivity index (χ1) is 8.26. The van der Waals surface area contributed by atoms with Crippen LogP contribution in [0.15, 0.2) is 0 Å². The summed E-state index contributed by atoms with van der Waals surface area (Å²) in [5.74, 6) is 0.833. The highest BCUT2D eigenvalue weighted by Gasteiger charge is 2.45. The van der Waals surface area contributed by atoms with E-state index in [9.17, 15) is 4.79 Å². The SMILES string of the molecule is O=C(NOC1CCOC1)NC12CCC(CC1)C2. The van der Waals surface area contributed by atoms with E-state index in [2.05, 4.69) is 10.8 Å². The summed E-state index contributed by atoms with van der Waals surface area (Å²) in [5, 5.41) is 3.09. The molecule has 5 nitrogen and oxygen atoms in total. The maximum atomic E-state index is 11.8. The van der Waals surface area contributed by atoms with Crippen LogP contribution in [0.25, 0.3) is 0 Å². The molecule has 0 spiro atoms. The highest BCUT2D eigenvalue weighted by molar-refractivity contribution is 5.73. The first-order valence-corrected chi connectivity index (χ1v) is 6.57. The van der Waals surface area contributed by atoms with Crippen LogP contribution in [0.5, 0.6) is 0 Å². The van der Waals surface area contributed by atoms with Crippen molar-refractivity contribution in [1.82, 2.24) is 10.8 Å². The second-order valence-corrected chi connectivity index (χ2v) is 5.59. The average Bonchev–Trinajstić information content (AvgIpc) is 3.02. The lowest BCUT2D eigenvalue weighted by Crippen LogP contribution is -2.50. The van der Waals surface area contributed by atoms with Gasteiger partial charge in [-0.15, -0.1) is 0 Å². The number of carbonyl (C=O) groups excluding carboxylic acids is 1. The lowest BCUT2D eigenvalue weighted by Gasteiger charge is -2.28. The third-order valence-electron chi connectivity index (χ3n) is 4.33. The number of hydroxylamine groups is 1. The number of carbonyl (C=O) groups is 1. The molecule has 3 fully saturated rings. The van der Waals surface area contributed by atoms with E-state index in [0.717, 1.165) is 38.2 Å². The van der Waals surface area contributed by atoms with Crippen molar-refractivity contribution in [2.45, 2.75) is 50.2 Å². The lowest BCUT2D eigenvalue weighted by molar-refractivity contribution is -0.00965. The Hall–Kier alpha value is -0.810. The van der Waals surface area contributed by atoms with Crippen LogP contribution in [0.4, 0.5) is 4.79 Å². The zero-order valence-corrected chi connectivity index (χ0v) is 10.0. The smallest absolute Gasteiger partial charge is 0.339 e. The molecule has 2 N–H and O–H groups in total. The number of rotatable bonds is 3. The van der Waals surface area contributed by atoms with Gasteiger partial charge in [0.25, 0.3) is 0 Å². The first-order valence-electron chi connectivity index (χ1n) is 6.57. The van der Waals surface area contributed by atoms with E-state index < -0.39 is 0 Å². The predicted octanol–water partition coefficient (Wildman–Crippen LogP) is 1.34. The van der Waals surface area contributed by atoms with Crippen LogP contribution in [-0.2, 0) is 9.57 Å². The Morgan fingerprint density at radius 3 is 2.71 bits per heavy atom. The van der Waals surface area contributed by atoms with Gasteiger partial charge in [0.05, 0.1) is 6.61 Å². The van der Waals surface area contributed by atoms with Crippen molar-refractivity contribution in [3.63, 3.8) is 0 Å². The number of hydrogen-bond acceptors (Lipinski definition) is 3. The van der Waals surface area contributed by atoms with E-state index in [-0.39, 0.29) is 17.7 Å². The molecule has 1 aliphatic heterocycles. The second-order valence-electron chi connectivity index (χ2n) is 5.59. The summed E-state index contributed by atoms with van der Waals surface area (Å²) in [5.41, 5.74) is 2.56. The maximum absolute atomic E-state index is 11.8. The van der Waals surface area contributed by atoms with E-state index in [1.807, 2.05) is 0 Å². The maximum Gasteiger partial charge on any atom is 0.339 e. The second kappa shape index (κ2) is 4.46. The summed E-state index contributed by atoms with van der Waals surface area (Å²) in [6.07, 6.45) is 6.78. The zero-order valence-electron chi connectivity index (χ0n) is 10.0. The topological polar surface area (TPSA) is 59.6 Å². The van der Waals surface area contributed by atoms with Crippen LogP contribution in [0.1, 0.15) is 38.5 Å². The molecular weight excluding hydrogens is 220 g/mol. The molecule has 3 rings (SSSR count). The standard InChI is InChI=1S/C12H20N2O3/c15-11(14-17-10-3-6-16-8-10)13-12-4-1-9(7-12)2-5-12/h9-10H,1-8H2,(H2,13,14,15). The van der Waals surface area contributed by atoms with Gasteiger partial charge in [-0.25, -0.2) is 10.3 Å².